The Morgan fingerprint density at radius 2 is 1.74 bits per heavy atom. The third kappa shape index (κ3) is 2.32. The van der Waals surface area contributed by atoms with Crippen molar-refractivity contribution < 1.29 is 4.74 Å². The Morgan fingerprint density at radius 1 is 1.00 bits per heavy atom. The molecule has 1 unspecified atom stereocenters. The fourth-order valence-electron chi connectivity index (χ4n) is 2.41. The second kappa shape index (κ2) is 5.04. The van der Waals surface area contributed by atoms with E-state index in [-0.39, 0.29) is 12.1 Å². The largest absolute Gasteiger partial charge is 0.485 e. The predicted octanol–water partition coefficient (Wildman–Crippen LogP) is 4.52. The summed E-state index contributed by atoms with van der Waals surface area (Å²) >= 11 is 12.3. The van der Waals surface area contributed by atoms with Crippen LogP contribution in [0.1, 0.15) is 29.7 Å². The van der Waals surface area contributed by atoms with Crippen molar-refractivity contribution in [3.63, 3.8) is 0 Å². The van der Waals surface area contributed by atoms with Crippen LogP contribution in [0.5, 0.6) is 5.75 Å². The highest BCUT2D eigenvalue weighted by Gasteiger charge is 2.28. The quantitative estimate of drug-likeness (QED) is 0.839. The maximum Gasteiger partial charge on any atom is 0.127 e. The zero-order chi connectivity index (χ0) is 13.4. The summed E-state index contributed by atoms with van der Waals surface area (Å²) in [6.07, 6.45) is 0.535. The summed E-state index contributed by atoms with van der Waals surface area (Å²) in [5.74, 6) is 0.822. The first kappa shape index (κ1) is 12.8. The average Bonchev–Trinajstić information content (AvgIpc) is 2.42. The molecule has 0 saturated carbocycles. The zero-order valence-corrected chi connectivity index (χ0v) is 11.7. The summed E-state index contributed by atoms with van der Waals surface area (Å²) in [6, 6.07) is 13.4. The Bertz CT molecular complexity index is 615. The second-order valence-corrected chi connectivity index (χ2v) is 5.41. The van der Waals surface area contributed by atoms with Crippen LogP contribution < -0.4 is 10.5 Å². The molecule has 0 amide bonds. The van der Waals surface area contributed by atoms with Gasteiger partial charge < -0.3 is 10.5 Å². The molecule has 0 spiro atoms. The van der Waals surface area contributed by atoms with Crippen LogP contribution >= 0.6 is 23.2 Å². The molecule has 1 aliphatic heterocycles. The highest BCUT2D eigenvalue weighted by atomic mass is 35.5. The van der Waals surface area contributed by atoms with E-state index >= 15 is 0 Å². The molecule has 2 nitrogen and oxygen atoms in total. The molecule has 1 aliphatic rings. The van der Waals surface area contributed by atoms with Crippen LogP contribution in [0.25, 0.3) is 0 Å². The van der Waals surface area contributed by atoms with Crippen LogP contribution in [-0.2, 0) is 0 Å². The lowest BCUT2D eigenvalue weighted by Crippen LogP contribution is -2.24. The summed E-state index contributed by atoms with van der Waals surface area (Å²) < 4.78 is 6.00. The first-order valence-electron chi connectivity index (χ1n) is 6.12. The number of halogens is 2. The lowest BCUT2D eigenvalue weighted by Gasteiger charge is -2.31. The highest BCUT2D eigenvalue weighted by Crippen LogP contribution is 2.42. The van der Waals surface area contributed by atoms with Gasteiger partial charge in [-0.3, -0.25) is 0 Å². The first-order valence-corrected chi connectivity index (χ1v) is 6.87. The average molecular weight is 294 g/mol. The van der Waals surface area contributed by atoms with Crippen molar-refractivity contribution in [2.45, 2.75) is 18.6 Å². The fourth-order valence-corrected chi connectivity index (χ4v) is 2.84. The number of rotatable bonds is 1. The van der Waals surface area contributed by atoms with Crippen LogP contribution in [0.4, 0.5) is 0 Å². The molecule has 4 heteroatoms. The van der Waals surface area contributed by atoms with Gasteiger partial charge in [0.05, 0.1) is 10.0 Å². The van der Waals surface area contributed by atoms with Gasteiger partial charge in [0.15, 0.2) is 0 Å². The highest BCUT2D eigenvalue weighted by molar-refractivity contribution is 6.42. The van der Waals surface area contributed by atoms with E-state index in [4.69, 9.17) is 33.7 Å². The molecule has 2 atom stereocenters. The van der Waals surface area contributed by atoms with Crippen molar-refractivity contribution in [1.82, 2.24) is 0 Å². The molecule has 0 bridgehead atoms. The normalized spacial score (nSPS) is 21.6. The minimum atomic E-state index is -0.156. The third-order valence-electron chi connectivity index (χ3n) is 3.38. The van der Waals surface area contributed by atoms with Crippen molar-refractivity contribution in [3.8, 4) is 5.75 Å². The van der Waals surface area contributed by atoms with Crippen LogP contribution in [0, 0.1) is 0 Å². The van der Waals surface area contributed by atoms with Gasteiger partial charge in [-0.15, -0.1) is 0 Å². The predicted molar refractivity (Wildman–Crippen MR) is 77.8 cm³/mol. The van der Waals surface area contributed by atoms with Gasteiger partial charge in [0.25, 0.3) is 0 Å². The number of benzene rings is 2. The first-order chi connectivity index (χ1) is 9.16. The van der Waals surface area contributed by atoms with Crippen molar-refractivity contribution in [1.29, 1.82) is 0 Å². The van der Waals surface area contributed by atoms with E-state index in [2.05, 4.69) is 0 Å². The summed E-state index contributed by atoms with van der Waals surface area (Å²) in [5.41, 5.74) is 8.13. The Kier molecular flexibility index (Phi) is 3.40. The Morgan fingerprint density at radius 3 is 2.58 bits per heavy atom. The number of hydrogen-bond donors (Lipinski definition) is 1. The van der Waals surface area contributed by atoms with Crippen molar-refractivity contribution in [3.05, 3.63) is 63.6 Å². The van der Waals surface area contributed by atoms with E-state index in [0.29, 0.717) is 16.5 Å². The minimum Gasteiger partial charge on any atom is -0.485 e. The van der Waals surface area contributed by atoms with Crippen LogP contribution in [0.15, 0.2) is 42.5 Å². The summed E-state index contributed by atoms with van der Waals surface area (Å²) in [7, 11) is 0. The Hall–Kier alpha value is -1.22. The summed E-state index contributed by atoms with van der Waals surface area (Å²) in [4.78, 5) is 0. The van der Waals surface area contributed by atoms with E-state index in [1.165, 1.54) is 0 Å². The van der Waals surface area contributed by atoms with Gasteiger partial charge in [-0.1, -0.05) is 53.5 Å². The van der Waals surface area contributed by atoms with E-state index in [1.807, 2.05) is 36.4 Å². The topological polar surface area (TPSA) is 35.2 Å². The van der Waals surface area contributed by atoms with Gasteiger partial charge in [-0.05, 0) is 12.1 Å². The molecule has 0 aromatic heterocycles. The molecule has 0 saturated heterocycles. The SMILES string of the molecule is N[C@H]1CC(c2cccc(Cl)c2Cl)Oc2ccccc21. The molecule has 0 radical (unpaired) electrons. The van der Waals surface area contributed by atoms with Gasteiger partial charge >= 0.3 is 0 Å². The van der Waals surface area contributed by atoms with E-state index in [9.17, 15) is 0 Å². The molecule has 2 aromatic carbocycles. The molecule has 1 heterocycles. The van der Waals surface area contributed by atoms with Crippen LogP contribution in [0.3, 0.4) is 0 Å². The molecular formula is C15H13Cl2NO. The fraction of sp³-hybridized carbons (Fsp3) is 0.200. The van der Waals surface area contributed by atoms with Crippen molar-refractivity contribution >= 4 is 23.2 Å². The second-order valence-electron chi connectivity index (χ2n) is 4.63. The number of para-hydroxylation sites is 1. The maximum absolute atomic E-state index is 6.25. The van der Waals surface area contributed by atoms with E-state index < -0.39 is 0 Å². The molecule has 19 heavy (non-hydrogen) atoms. The number of fused-ring (bicyclic) bond motifs is 1. The molecular weight excluding hydrogens is 281 g/mol. The third-order valence-corrected chi connectivity index (χ3v) is 4.22. The Labute approximate surface area is 122 Å². The van der Waals surface area contributed by atoms with Crippen molar-refractivity contribution in [2.24, 2.45) is 5.73 Å². The molecule has 3 rings (SSSR count). The molecule has 2 aromatic rings. The molecule has 0 aliphatic carbocycles. The van der Waals surface area contributed by atoms with E-state index in [1.54, 1.807) is 6.07 Å². The van der Waals surface area contributed by atoms with E-state index in [0.717, 1.165) is 16.9 Å². The van der Waals surface area contributed by atoms with Gasteiger partial charge in [0.2, 0.25) is 0 Å². The summed E-state index contributed by atoms with van der Waals surface area (Å²) in [5, 5.41) is 1.08. The smallest absolute Gasteiger partial charge is 0.127 e. The van der Waals surface area contributed by atoms with Crippen molar-refractivity contribution in [2.75, 3.05) is 0 Å². The summed E-state index contributed by atoms with van der Waals surface area (Å²) in [6.45, 7) is 0. The maximum atomic E-state index is 6.25. The molecule has 2 N–H and O–H groups in total. The van der Waals surface area contributed by atoms with Crippen LogP contribution in [-0.4, -0.2) is 0 Å². The standard InChI is InChI=1S/C15H13Cl2NO/c16-11-6-3-5-10(15(11)17)14-8-12(18)9-4-1-2-7-13(9)19-14/h1-7,12,14H,8,18H2/t12-,14?/m0/s1. The van der Waals surface area contributed by atoms with Gasteiger partial charge in [-0.2, -0.15) is 0 Å². The monoisotopic (exact) mass is 293 g/mol. The lowest BCUT2D eigenvalue weighted by molar-refractivity contribution is 0.161. The minimum absolute atomic E-state index is 0.0509. The lowest BCUT2D eigenvalue weighted by atomic mass is 9.93. The van der Waals surface area contributed by atoms with Gasteiger partial charge in [-0.25, -0.2) is 0 Å². The number of nitrogens with two attached hydrogens (primary N) is 1. The van der Waals surface area contributed by atoms with Crippen LogP contribution in [0.2, 0.25) is 10.0 Å². The number of ether oxygens (including phenoxy) is 1. The number of hydrogen-bond acceptors (Lipinski definition) is 2. The molecule has 0 fully saturated rings. The van der Waals surface area contributed by atoms with Gasteiger partial charge in [0.1, 0.15) is 11.9 Å². The zero-order valence-electron chi connectivity index (χ0n) is 10.1. The Balaban J connectivity index is 1.99. The van der Waals surface area contributed by atoms with Gasteiger partial charge in [0, 0.05) is 23.6 Å². The molecule has 98 valence electrons.